The third kappa shape index (κ3) is 1.41. The van der Waals surface area contributed by atoms with E-state index in [4.69, 9.17) is 10.5 Å². The summed E-state index contributed by atoms with van der Waals surface area (Å²) in [6.07, 6.45) is 4.68. The van der Waals surface area contributed by atoms with E-state index in [0.717, 1.165) is 12.3 Å². The van der Waals surface area contributed by atoms with Gasteiger partial charge in [-0.1, -0.05) is 6.58 Å². The summed E-state index contributed by atoms with van der Waals surface area (Å²) in [5, 5.41) is 0. The predicted octanol–water partition coefficient (Wildman–Crippen LogP) is 1.58. The second kappa shape index (κ2) is 3.01. The Kier molecular flexibility index (Phi) is 2.05. The van der Waals surface area contributed by atoms with E-state index < -0.39 is 5.97 Å². The topological polar surface area (TPSA) is 52.3 Å². The Bertz CT molecular complexity index is 287. The van der Waals surface area contributed by atoms with E-state index in [-0.39, 0.29) is 11.3 Å². The maximum Gasteiger partial charge on any atom is 0.354 e. The van der Waals surface area contributed by atoms with Crippen LogP contribution in [0.25, 0.3) is 0 Å². The van der Waals surface area contributed by atoms with Crippen molar-refractivity contribution >= 4 is 5.97 Å². The zero-order valence-electron chi connectivity index (χ0n) is 8.58. The van der Waals surface area contributed by atoms with Gasteiger partial charge in [0.25, 0.3) is 0 Å². The molecular formula is C11H17NO2. The highest BCUT2D eigenvalue weighted by Crippen LogP contribution is 2.52. The molecule has 2 bridgehead atoms. The number of rotatable bonds is 2. The van der Waals surface area contributed by atoms with Crippen LogP contribution in [0.4, 0.5) is 0 Å². The predicted molar refractivity (Wildman–Crippen MR) is 53.3 cm³/mol. The smallest absolute Gasteiger partial charge is 0.354 e. The minimum atomic E-state index is -0.444. The number of hydrogen-bond acceptors (Lipinski definition) is 3. The van der Waals surface area contributed by atoms with E-state index in [9.17, 15) is 4.79 Å². The summed E-state index contributed by atoms with van der Waals surface area (Å²) in [7, 11) is 0. The van der Waals surface area contributed by atoms with E-state index in [2.05, 4.69) is 6.58 Å². The van der Waals surface area contributed by atoms with E-state index in [1.165, 1.54) is 19.3 Å². The van der Waals surface area contributed by atoms with Gasteiger partial charge in [0.15, 0.2) is 0 Å². The number of carbonyl (C=O) groups is 1. The molecule has 0 saturated heterocycles. The first-order chi connectivity index (χ1) is 6.51. The molecule has 0 aliphatic heterocycles. The molecule has 0 aromatic carbocycles. The van der Waals surface area contributed by atoms with Crippen LogP contribution in [0.5, 0.6) is 0 Å². The van der Waals surface area contributed by atoms with Crippen molar-refractivity contribution in [1.29, 1.82) is 0 Å². The van der Waals surface area contributed by atoms with Crippen LogP contribution < -0.4 is 5.73 Å². The van der Waals surface area contributed by atoms with Gasteiger partial charge in [0.05, 0.1) is 0 Å². The lowest BCUT2D eigenvalue weighted by Crippen LogP contribution is -2.38. The van der Waals surface area contributed by atoms with Gasteiger partial charge in [0, 0.05) is 0 Å². The molecule has 0 aromatic rings. The summed E-state index contributed by atoms with van der Waals surface area (Å²) < 4.78 is 5.43. The lowest BCUT2D eigenvalue weighted by atomic mass is 9.86. The molecule has 14 heavy (non-hydrogen) atoms. The first-order valence-corrected chi connectivity index (χ1v) is 5.19. The number of esters is 1. The Morgan fingerprint density at radius 3 is 2.71 bits per heavy atom. The molecule has 0 amide bonds. The van der Waals surface area contributed by atoms with Crippen LogP contribution in [0.3, 0.4) is 0 Å². The van der Waals surface area contributed by atoms with Crippen LogP contribution in [0.15, 0.2) is 12.3 Å². The van der Waals surface area contributed by atoms with Crippen molar-refractivity contribution in [1.82, 2.24) is 0 Å². The van der Waals surface area contributed by atoms with Gasteiger partial charge in [-0.15, -0.1) is 0 Å². The molecule has 3 atom stereocenters. The van der Waals surface area contributed by atoms with Gasteiger partial charge in [0.1, 0.15) is 11.3 Å². The molecule has 78 valence electrons. The molecule has 3 heteroatoms. The highest BCUT2D eigenvalue weighted by Gasteiger charge is 2.50. The summed E-state index contributed by atoms with van der Waals surface area (Å²) in [6.45, 7) is 5.42. The minimum absolute atomic E-state index is 0.00833. The third-order valence-corrected chi connectivity index (χ3v) is 3.69. The van der Waals surface area contributed by atoms with Gasteiger partial charge in [0.2, 0.25) is 0 Å². The number of hydrogen-bond donors (Lipinski definition) is 1. The van der Waals surface area contributed by atoms with E-state index >= 15 is 0 Å². The Labute approximate surface area is 84.3 Å². The molecule has 2 saturated carbocycles. The van der Waals surface area contributed by atoms with Crippen LogP contribution in [-0.4, -0.2) is 11.6 Å². The maximum atomic E-state index is 11.3. The van der Waals surface area contributed by atoms with Crippen LogP contribution in [0.1, 0.15) is 32.6 Å². The number of nitrogens with two attached hydrogens (primary N) is 1. The van der Waals surface area contributed by atoms with E-state index in [0.29, 0.717) is 5.92 Å². The average Bonchev–Trinajstić information content (AvgIpc) is 2.62. The molecular weight excluding hydrogens is 178 g/mol. The maximum absolute atomic E-state index is 11.3. The average molecular weight is 195 g/mol. The summed E-state index contributed by atoms with van der Waals surface area (Å²) in [4.78, 5) is 11.3. The van der Waals surface area contributed by atoms with Crippen molar-refractivity contribution in [2.45, 2.75) is 38.2 Å². The van der Waals surface area contributed by atoms with Crippen LogP contribution >= 0.6 is 0 Å². The third-order valence-electron chi connectivity index (χ3n) is 3.69. The summed E-state index contributed by atoms with van der Waals surface area (Å²) in [5.74, 6) is 0.847. The number of fused-ring (bicyclic) bond motifs is 2. The lowest BCUT2D eigenvalue weighted by molar-refractivity contribution is -0.158. The Morgan fingerprint density at radius 2 is 2.29 bits per heavy atom. The number of carbonyl (C=O) groups excluding carboxylic acids is 1. The van der Waals surface area contributed by atoms with Gasteiger partial charge in [-0.3, -0.25) is 0 Å². The lowest BCUT2D eigenvalue weighted by Gasteiger charge is -2.33. The van der Waals surface area contributed by atoms with Crippen molar-refractivity contribution in [2.24, 2.45) is 17.6 Å². The fraction of sp³-hybridized carbons (Fsp3) is 0.727. The van der Waals surface area contributed by atoms with Gasteiger partial charge in [-0.05, 0) is 44.4 Å². The largest absolute Gasteiger partial charge is 0.454 e. The zero-order chi connectivity index (χ0) is 10.3. The second-order valence-electron chi connectivity index (χ2n) is 4.81. The highest BCUT2D eigenvalue weighted by atomic mass is 16.6. The van der Waals surface area contributed by atoms with Gasteiger partial charge < -0.3 is 10.5 Å². The Balaban J connectivity index is 2.04. The molecule has 2 fully saturated rings. The monoisotopic (exact) mass is 195 g/mol. The van der Waals surface area contributed by atoms with Crippen LogP contribution in [-0.2, 0) is 9.53 Å². The van der Waals surface area contributed by atoms with E-state index in [1.54, 1.807) is 0 Å². The van der Waals surface area contributed by atoms with Crippen LogP contribution in [0.2, 0.25) is 0 Å². The Morgan fingerprint density at radius 1 is 1.57 bits per heavy atom. The normalized spacial score (nSPS) is 39.8. The van der Waals surface area contributed by atoms with Crippen molar-refractivity contribution in [3.8, 4) is 0 Å². The van der Waals surface area contributed by atoms with Crippen LogP contribution in [0, 0.1) is 11.8 Å². The Hall–Kier alpha value is -0.990. The zero-order valence-corrected chi connectivity index (χ0v) is 8.58. The van der Waals surface area contributed by atoms with Gasteiger partial charge in [-0.25, -0.2) is 4.79 Å². The summed E-state index contributed by atoms with van der Waals surface area (Å²) in [5.41, 5.74) is 5.03. The van der Waals surface area contributed by atoms with Crippen molar-refractivity contribution in [3.05, 3.63) is 12.3 Å². The molecule has 3 unspecified atom stereocenters. The summed E-state index contributed by atoms with van der Waals surface area (Å²) >= 11 is 0. The van der Waals surface area contributed by atoms with Gasteiger partial charge in [-0.2, -0.15) is 0 Å². The quantitative estimate of drug-likeness (QED) is 0.537. The van der Waals surface area contributed by atoms with Gasteiger partial charge >= 0.3 is 5.97 Å². The molecule has 2 aliphatic rings. The minimum Gasteiger partial charge on any atom is -0.454 e. The molecule has 0 aromatic heterocycles. The van der Waals surface area contributed by atoms with Crippen molar-refractivity contribution in [2.75, 3.05) is 0 Å². The standard InChI is InChI=1S/C11H17NO2/c1-7(12)10(13)14-11(2)6-8-3-4-9(11)5-8/h8-9H,1,3-6,12H2,2H3. The SMILES string of the molecule is C=C(N)C(=O)OC1(C)CC2CCC1C2. The molecule has 0 spiro atoms. The first-order valence-electron chi connectivity index (χ1n) is 5.19. The fourth-order valence-corrected chi connectivity index (χ4v) is 2.96. The molecule has 3 nitrogen and oxygen atoms in total. The first kappa shape index (κ1) is 9.56. The molecule has 2 rings (SSSR count). The van der Waals surface area contributed by atoms with Crippen molar-refractivity contribution in [3.63, 3.8) is 0 Å². The fourth-order valence-electron chi connectivity index (χ4n) is 2.96. The molecule has 2 aliphatic carbocycles. The second-order valence-corrected chi connectivity index (χ2v) is 4.81. The molecule has 0 heterocycles. The van der Waals surface area contributed by atoms with Crippen molar-refractivity contribution < 1.29 is 9.53 Å². The van der Waals surface area contributed by atoms with E-state index in [1.807, 2.05) is 6.92 Å². The molecule has 0 radical (unpaired) electrons. The molecule has 2 N–H and O–H groups in total. The summed E-state index contributed by atoms with van der Waals surface area (Å²) in [6, 6.07) is 0. The highest BCUT2D eigenvalue weighted by molar-refractivity contribution is 5.86. The number of ether oxygens (including phenoxy) is 1.